The molecule has 0 bridgehead atoms. The van der Waals surface area contributed by atoms with Crippen molar-refractivity contribution in [2.75, 3.05) is 6.61 Å². The summed E-state index contributed by atoms with van der Waals surface area (Å²) in [5.41, 5.74) is 8.58. The third-order valence-corrected chi connectivity index (χ3v) is 6.82. The molecule has 1 aliphatic heterocycles. The second kappa shape index (κ2) is 9.07. The molecule has 172 valence electrons. The van der Waals surface area contributed by atoms with Gasteiger partial charge in [0.15, 0.2) is 5.82 Å². The fraction of sp³-hybridized carbons (Fsp3) is 0.348. The van der Waals surface area contributed by atoms with Crippen molar-refractivity contribution < 1.29 is 14.3 Å². The first-order chi connectivity index (χ1) is 15.7. The topological polar surface area (TPSA) is 112 Å². The zero-order chi connectivity index (χ0) is 23.9. The van der Waals surface area contributed by atoms with Gasteiger partial charge >= 0.3 is 5.97 Å². The smallest absolute Gasteiger partial charge is 0.308 e. The fourth-order valence-electron chi connectivity index (χ4n) is 3.73. The number of carbonyl (C=O) groups excluding carboxylic acids is 2. The molecule has 1 atom stereocenters. The summed E-state index contributed by atoms with van der Waals surface area (Å²) in [4.78, 5) is 30.2. The van der Waals surface area contributed by atoms with Crippen molar-refractivity contribution >= 4 is 40.5 Å². The molecule has 4 rings (SSSR count). The van der Waals surface area contributed by atoms with Crippen molar-refractivity contribution in [3.8, 4) is 5.00 Å². The number of amides is 1. The molecular weight excluding hydrogens is 462 g/mol. The van der Waals surface area contributed by atoms with Gasteiger partial charge in [-0.3, -0.25) is 19.1 Å². The van der Waals surface area contributed by atoms with Crippen molar-refractivity contribution in [3.63, 3.8) is 0 Å². The van der Waals surface area contributed by atoms with Crippen LogP contribution in [0.2, 0.25) is 5.02 Å². The highest BCUT2D eigenvalue weighted by Gasteiger charge is 2.34. The average Bonchev–Trinajstić information content (AvgIpc) is 3.26. The van der Waals surface area contributed by atoms with Gasteiger partial charge in [0.2, 0.25) is 0 Å². The van der Waals surface area contributed by atoms with E-state index in [1.165, 1.54) is 11.3 Å². The molecular formula is C23H24ClN5O3S. The van der Waals surface area contributed by atoms with E-state index in [1.807, 2.05) is 44.4 Å². The Kier molecular flexibility index (Phi) is 6.36. The van der Waals surface area contributed by atoms with Gasteiger partial charge in [-0.15, -0.1) is 21.5 Å². The second-order valence-electron chi connectivity index (χ2n) is 8.32. The number of hydrogen-bond donors (Lipinski definition) is 1. The minimum atomic E-state index is -0.618. The highest BCUT2D eigenvalue weighted by molar-refractivity contribution is 7.17. The fourth-order valence-corrected chi connectivity index (χ4v) is 5.08. The summed E-state index contributed by atoms with van der Waals surface area (Å²) in [6, 6.07) is 6.65. The van der Waals surface area contributed by atoms with Crippen LogP contribution in [0.5, 0.6) is 0 Å². The molecule has 1 amide bonds. The number of benzene rings is 1. The Morgan fingerprint density at radius 2 is 1.91 bits per heavy atom. The number of aromatic nitrogens is 3. The van der Waals surface area contributed by atoms with Crippen LogP contribution in [0.1, 0.15) is 64.3 Å². The number of aliphatic imine (C=N–C) groups is 1. The van der Waals surface area contributed by atoms with Gasteiger partial charge in [-0.25, -0.2) is 0 Å². The number of ether oxygens (including phenoxy) is 1. The number of aryl methyl sites for hydroxylation is 1. The standard InChI is InChI=1S/C23H24ClN5O3S/c1-11(2)10-32-17(30)9-16-22-28-27-13(4)29(22)23-18(12(3)20(33-23)21(25)31)19(26-16)14-5-7-15(24)8-6-14/h5-8,11,16H,9-10H2,1-4H3,(H2,25,31). The summed E-state index contributed by atoms with van der Waals surface area (Å²) in [6.07, 6.45) is 0.0125. The van der Waals surface area contributed by atoms with E-state index in [4.69, 9.17) is 27.1 Å². The number of primary amides is 1. The van der Waals surface area contributed by atoms with E-state index < -0.39 is 11.9 Å². The molecule has 3 heterocycles. The third kappa shape index (κ3) is 4.43. The zero-order valence-electron chi connectivity index (χ0n) is 18.8. The van der Waals surface area contributed by atoms with Gasteiger partial charge in [0.05, 0.1) is 23.6 Å². The van der Waals surface area contributed by atoms with Crippen molar-refractivity contribution in [1.29, 1.82) is 0 Å². The molecule has 1 aromatic carbocycles. The quantitative estimate of drug-likeness (QED) is 0.526. The van der Waals surface area contributed by atoms with Crippen LogP contribution in [-0.2, 0) is 9.53 Å². The number of halogens is 1. The van der Waals surface area contributed by atoms with Crippen molar-refractivity contribution in [2.45, 2.75) is 40.2 Å². The number of hydrogen-bond acceptors (Lipinski definition) is 7. The van der Waals surface area contributed by atoms with Crippen molar-refractivity contribution in [3.05, 3.63) is 62.5 Å². The number of rotatable bonds is 6. The largest absolute Gasteiger partial charge is 0.465 e. The lowest BCUT2D eigenvalue weighted by Crippen LogP contribution is -2.15. The van der Waals surface area contributed by atoms with Gasteiger partial charge in [-0.2, -0.15) is 0 Å². The van der Waals surface area contributed by atoms with Crippen LogP contribution >= 0.6 is 22.9 Å². The van der Waals surface area contributed by atoms with Gasteiger partial charge in [0, 0.05) is 16.1 Å². The molecule has 2 aromatic heterocycles. The Balaban J connectivity index is 1.91. The summed E-state index contributed by atoms with van der Waals surface area (Å²) in [5.74, 6) is 0.485. The number of fused-ring (bicyclic) bond motifs is 3. The number of nitrogens with zero attached hydrogens (tertiary/aromatic N) is 4. The first kappa shape index (κ1) is 23.1. The molecule has 1 aliphatic rings. The molecule has 2 N–H and O–H groups in total. The van der Waals surface area contributed by atoms with Crippen LogP contribution in [-0.4, -0.2) is 39.0 Å². The maximum absolute atomic E-state index is 12.6. The molecule has 0 aliphatic carbocycles. The predicted molar refractivity (Wildman–Crippen MR) is 127 cm³/mol. The van der Waals surface area contributed by atoms with Crippen LogP contribution in [0.3, 0.4) is 0 Å². The highest BCUT2D eigenvalue weighted by atomic mass is 35.5. The van der Waals surface area contributed by atoms with Gasteiger partial charge in [-0.1, -0.05) is 37.6 Å². The molecule has 1 unspecified atom stereocenters. The van der Waals surface area contributed by atoms with E-state index >= 15 is 0 Å². The van der Waals surface area contributed by atoms with Gasteiger partial charge in [-0.05, 0) is 37.5 Å². The monoisotopic (exact) mass is 485 g/mol. The van der Waals surface area contributed by atoms with E-state index in [0.717, 1.165) is 21.7 Å². The molecule has 0 fully saturated rings. The Labute approximate surface area is 200 Å². The van der Waals surface area contributed by atoms with Gasteiger partial charge in [0.1, 0.15) is 16.9 Å². The number of nitrogens with two attached hydrogens (primary N) is 1. The molecule has 0 saturated heterocycles. The van der Waals surface area contributed by atoms with E-state index in [2.05, 4.69) is 10.2 Å². The summed E-state index contributed by atoms with van der Waals surface area (Å²) < 4.78 is 7.27. The lowest BCUT2D eigenvalue weighted by Gasteiger charge is -2.13. The number of carbonyl (C=O) groups is 2. The van der Waals surface area contributed by atoms with Gasteiger partial charge in [0.25, 0.3) is 5.91 Å². The summed E-state index contributed by atoms with van der Waals surface area (Å²) in [5, 5.41) is 9.90. The average molecular weight is 486 g/mol. The third-order valence-electron chi connectivity index (χ3n) is 5.28. The van der Waals surface area contributed by atoms with Crippen LogP contribution < -0.4 is 5.73 Å². The van der Waals surface area contributed by atoms with Crippen LogP contribution in [0.4, 0.5) is 0 Å². The molecule has 0 radical (unpaired) electrons. The Bertz CT molecular complexity index is 1260. The lowest BCUT2D eigenvalue weighted by atomic mass is 9.99. The zero-order valence-corrected chi connectivity index (χ0v) is 20.3. The molecule has 0 spiro atoms. The normalized spacial score (nSPS) is 15.0. The maximum Gasteiger partial charge on any atom is 0.308 e. The Hall–Kier alpha value is -3.04. The van der Waals surface area contributed by atoms with E-state index in [0.29, 0.717) is 33.9 Å². The number of esters is 1. The summed E-state index contributed by atoms with van der Waals surface area (Å²) in [7, 11) is 0. The molecule has 3 aromatic rings. The maximum atomic E-state index is 12.6. The van der Waals surface area contributed by atoms with Crippen LogP contribution in [0, 0.1) is 19.8 Å². The Morgan fingerprint density at radius 3 is 2.55 bits per heavy atom. The minimum absolute atomic E-state index is 0.0125. The van der Waals surface area contributed by atoms with E-state index in [9.17, 15) is 9.59 Å². The first-order valence-electron chi connectivity index (χ1n) is 10.5. The number of thiophene rings is 1. The minimum Gasteiger partial charge on any atom is -0.465 e. The second-order valence-corrected chi connectivity index (χ2v) is 9.76. The SMILES string of the molecule is Cc1c(C(N)=O)sc2c1C(c1ccc(Cl)cc1)=NC(CC(=O)OCC(C)C)c1nnc(C)n1-2. The van der Waals surface area contributed by atoms with Gasteiger partial charge < -0.3 is 10.5 Å². The molecule has 33 heavy (non-hydrogen) atoms. The van der Waals surface area contributed by atoms with Crippen LogP contribution in [0.15, 0.2) is 29.3 Å². The van der Waals surface area contributed by atoms with Crippen molar-refractivity contribution in [2.24, 2.45) is 16.6 Å². The first-order valence-corrected chi connectivity index (χ1v) is 11.7. The summed E-state index contributed by atoms with van der Waals surface area (Å²) >= 11 is 7.38. The summed E-state index contributed by atoms with van der Waals surface area (Å²) in [6.45, 7) is 7.96. The molecule has 10 heteroatoms. The predicted octanol–water partition coefficient (Wildman–Crippen LogP) is 4.18. The highest BCUT2D eigenvalue weighted by Crippen LogP contribution is 2.39. The van der Waals surface area contributed by atoms with Crippen molar-refractivity contribution in [1.82, 2.24) is 14.8 Å². The Morgan fingerprint density at radius 1 is 1.21 bits per heavy atom. The lowest BCUT2D eigenvalue weighted by molar-refractivity contribution is -0.145. The molecule has 8 nitrogen and oxygen atoms in total. The van der Waals surface area contributed by atoms with E-state index in [-0.39, 0.29) is 18.3 Å². The molecule has 0 saturated carbocycles. The van der Waals surface area contributed by atoms with E-state index in [1.54, 1.807) is 12.1 Å². The van der Waals surface area contributed by atoms with Crippen LogP contribution in [0.25, 0.3) is 5.00 Å².